The highest BCUT2D eigenvalue weighted by atomic mass is 31.2. The van der Waals surface area contributed by atoms with Crippen molar-refractivity contribution < 1.29 is 28.4 Å². The summed E-state index contributed by atoms with van der Waals surface area (Å²) in [5.74, 6) is -0.204. The number of nitrogens with one attached hydrogen (secondary N) is 3. The van der Waals surface area contributed by atoms with Crippen LogP contribution in [0.1, 0.15) is 51.7 Å². The minimum atomic E-state index is -3.89. The summed E-state index contributed by atoms with van der Waals surface area (Å²) in [5, 5.41) is 9.50. The molecule has 4 aromatic rings. The van der Waals surface area contributed by atoms with Crippen LogP contribution in [-0.4, -0.2) is 75.8 Å². The maximum atomic E-state index is 15.0. The number of nitrogens with two attached hydrogens (primary N) is 1. The zero-order valence-corrected chi connectivity index (χ0v) is 31.3. The van der Waals surface area contributed by atoms with Crippen LogP contribution in [0.25, 0.3) is 11.2 Å². The number of imidazole rings is 1. The van der Waals surface area contributed by atoms with Crippen molar-refractivity contribution in [1.29, 1.82) is 0 Å². The lowest BCUT2D eigenvalue weighted by Crippen LogP contribution is -2.46. The normalized spacial score (nSPS) is 15.3. The van der Waals surface area contributed by atoms with Crippen molar-refractivity contribution in [2.45, 2.75) is 78.0 Å². The van der Waals surface area contributed by atoms with Gasteiger partial charge < -0.3 is 29.8 Å². The Balaban J connectivity index is 1.38. The van der Waals surface area contributed by atoms with Crippen molar-refractivity contribution >= 4 is 42.3 Å². The first-order chi connectivity index (χ1) is 25.0. The molecule has 1 aliphatic rings. The second-order valence-electron chi connectivity index (χ2n) is 14.0. The highest BCUT2D eigenvalue weighted by Gasteiger charge is 2.36. The lowest BCUT2D eigenvalue weighted by atomic mass is 10.1. The van der Waals surface area contributed by atoms with Crippen molar-refractivity contribution in [3.63, 3.8) is 0 Å². The molecule has 2 atom stereocenters. The third-order valence-electron chi connectivity index (χ3n) is 8.13. The van der Waals surface area contributed by atoms with Crippen LogP contribution in [0.4, 0.5) is 11.8 Å². The second kappa shape index (κ2) is 18.4. The number of nitrogens with zero attached hydrogens (tertiary/aromatic N) is 4. The van der Waals surface area contributed by atoms with Gasteiger partial charge in [0.15, 0.2) is 17.0 Å². The van der Waals surface area contributed by atoms with Gasteiger partial charge >= 0.3 is 11.9 Å². The highest BCUT2D eigenvalue weighted by Crippen LogP contribution is 2.39. The number of carbonyl (C=O) groups is 2. The number of benzene rings is 2. The fourth-order valence-electron chi connectivity index (χ4n) is 5.38. The monoisotopic (exact) mass is 734 g/mol. The average Bonchev–Trinajstić information content (AvgIpc) is 3.85. The Morgan fingerprint density at radius 1 is 0.865 bits per heavy atom. The van der Waals surface area contributed by atoms with Crippen LogP contribution < -0.4 is 21.2 Å². The number of ether oxygens (including phenoxy) is 3. The van der Waals surface area contributed by atoms with E-state index in [1.807, 2.05) is 88.4 Å². The zero-order chi connectivity index (χ0) is 37.1. The summed E-state index contributed by atoms with van der Waals surface area (Å²) in [7, 11) is -3.89. The summed E-state index contributed by atoms with van der Waals surface area (Å²) < 4.78 is 34.2. The molecule has 2 aromatic heterocycles. The SMILES string of the molecule is CC(C)COC(=O)C(Cc1ccccc1)NP(=O)(COCCn1cnc2c(NC3CC3)nc(N)nc21)NC(Cc1ccccc1)C(=O)OCC(C)C. The van der Waals surface area contributed by atoms with E-state index in [1.165, 1.54) is 0 Å². The van der Waals surface area contributed by atoms with E-state index in [1.54, 1.807) is 10.9 Å². The van der Waals surface area contributed by atoms with Crippen LogP contribution >= 0.6 is 7.44 Å². The van der Waals surface area contributed by atoms with Crippen LogP contribution in [-0.2, 0) is 47.8 Å². The quantitative estimate of drug-likeness (QED) is 0.0513. The Labute approximate surface area is 305 Å². The van der Waals surface area contributed by atoms with Crippen LogP contribution in [0.15, 0.2) is 67.0 Å². The molecule has 2 aromatic carbocycles. The van der Waals surface area contributed by atoms with Gasteiger partial charge in [-0.15, -0.1) is 0 Å². The van der Waals surface area contributed by atoms with Gasteiger partial charge in [-0.05, 0) is 48.6 Å². The van der Waals surface area contributed by atoms with Crippen molar-refractivity contribution in [2.24, 2.45) is 11.8 Å². The summed E-state index contributed by atoms with van der Waals surface area (Å²) in [6, 6.07) is 17.1. The van der Waals surface area contributed by atoms with Gasteiger partial charge in [-0.3, -0.25) is 14.2 Å². The molecule has 0 radical (unpaired) electrons. The van der Waals surface area contributed by atoms with E-state index in [-0.39, 0.29) is 56.8 Å². The number of nitrogen functional groups attached to an aromatic ring is 1. The number of fused-ring (bicyclic) bond motifs is 1. The third kappa shape index (κ3) is 11.8. The van der Waals surface area contributed by atoms with Gasteiger partial charge in [0.05, 0.1) is 26.1 Å². The predicted octanol–water partition coefficient (Wildman–Crippen LogP) is 4.95. The maximum Gasteiger partial charge on any atom is 0.323 e. The molecule has 1 saturated carbocycles. The average molecular weight is 735 g/mol. The standard InChI is InChI=1S/C37H51N8O6P/c1-25(2)21-50-35(46)30(19-27-11-7-5-8-12-27)43-52(48,44-31(36(47)51-22-26(3)4)20-28-13-9-6-10-14-28)24-49-18-17-45-23-39-32-33(40-29-15-16-29)41-37(38)42-34(32)45/h5-14,23,25-26,29-31H,15-22,24H2,1-4H3,(H2,43,44,48)(H3,38,40,41,42). The molecular formula is C37H51N8O6P. The van der Waals surface area contributed by atoms with Crippen molar-refractivity contribution in [2.75, 3.05) is 37.2 Å². The first-order valence-electron chi connectivity index (χ1n) is 17.9. The Kier molecular flexibility index (Phi) is 13.8. The second-order valence-corrected chi connectivity index (χ2v) is 16.3. The van der Waals surface area contributed by atoms with Gasteiger partial charge in [-0.2, -0.15) is 9.97 Å². The Morgan fingerprint density at radius 2 is 1.40 bits per heavy atom. The van der Waals surface area contributed by atoms with E-state index < -0.39 is 31.5 Å². The fraction of sp³-hybridized carbons (Fsp3) is 0.486. The minimum Gasteiger partial charge on any atom is -0.464 e. The molecule has 5 rings (SSSR count). The molecule has 0 saturated heterocycles. The number of esters is 2. The lowest BCUT2D eigenvalue weighted by Gasteiger charge is -2.29. The molecule has 14 nitrogen and oxygen atoms in total. The number of carbonyl (C=O) groups excluding carboxylic acids is 2. The summed E-state index contributed by atoms with van der Waals surface area (Å²) in [6.07, 6.45) is 3.80. The third-order valence-corrected chi connectivity index (χ3v) is 10.1. The van der Waals surface area contributed by atoms with Crippen LogP contribution in [0.3, 0.4) is 0 Å². The summed E-state index contributed by atoms with van der Waals surface area (Å²) in [4.78, 5) is 40.3. The lowest BCUT2D eigenvalue weighted by molar-refractivity contribution is -0.147. The largest absolute Gasteiger partial charge is 0.464 e. The van der Waals surface area contributed by atoms with Gasteiger partial charge in [0.2, 0.25) is 13.4 Å². The summed E-state index contributed by atoms with van der Waals surface area (Å²) in [6.45, 7) is 8.58. The van der Waals surface area contributed by atoms with E-state index in [4.69, 9.17) is 19.9 Å². The molecule has 1 aliphatic carbocycles. The highest BCUT2D eigenvalue weighted by molar-refractivity contribution is 7.59. The molecule has 2 unspecified atom stereocenters. The minimum absolute atomic E-state index is 0.0982. The molecule has 0 bridgehead atoms. The van der Waals surface area contributed by atoms with Crippen molar-refractivity contribution in [1.82, 2.24) is 29.7 Å². The molecule has 5 N–H and O–H groups in total. The van der Waals surface area contributed by atoms with E-state index in [0.717, 1.165) is 24.0 Å². The van der Waals surface area contributed by atoms with Crippen molar-refractivity contribution in [3.8, 4) is 0 Å². The Morgan fingerprint density at radius 3 is 1.90 bits per heavy atom. The molecular weight excluding hydrogens is 683 g/mol. The van der Waals surface area contributed by atoms with Gasteiger partial charge in [0, 0.05) is 12.6 Å². The van der Waals surface area contributed by atoms with E-state index in [9.17, 15) is 9.59 Å². The number of hydrogen-bond acceptors (Lipinski definition) is 11. The Hall–Kier alpha value is -4.36. The first kappa shape index (κ1) is 38.9. The van der Waals surface area contributed by atoms with E-state index in [0.29, 0.717) is 29.6 Å². The molecule has 0 spiro atoms. The number of anilines is 2. The van der Waals surface area contributed by atoms with Crippen molar-refractivity contribution in [3.05, 3.63) is 78.1 Å². The van der Waals surface area contributed by atoms with Crippen LogP contribution in [0, 0.1) is 11.8 Å². The maximum absolute atomic E-state index is 15.0. The van der Waals surface area contributed by atoms with Gasteiger partial charge in [-0.1, -0.05) is 88.4 Å². The van der Waals surface area contributed by atoms with Gasteiger partial charge in [0.1, 0.15) is 18.4 Å². The van der Waals surface area contributed by atoms with Gasteiger partial charge in [-0.25, -0.2) is 15.2 Å². The van der Waals surface area contributed by atoms with E-state index in [2.05, 4.69) is 30.4 Å². The molecule has 2 heterocycles. The summed E-state index contributed by atoms with van der Waals surface area (Å²) >= 11 is 0. The first-order valence-corrected chi connectivity index (χ1v) is 19.8. The number of rotatable bonds is 21. The van der Waals surface area contributed by atoms with Crippen LogP contribution in [0.2, 0.25) is 0 Å². The number of hydrogen-bond donors (Lipinski definition) is 4. The number of aromatic nitrogens is 4. The predicted molar refractivity (Wildman–Crippen MR) is 201 cm³/mol. The topological polar surface area (TPSA) is 185 Å². The molecule has 1 fully saturated rings. The fourth-order valence-corrected chi connectivity index (χ4v) is 7.39. The zero-order valence-electron chi connectivity index (χ0n) is 30.4. The van der Waals surface area contributed by atoms with Gasteiger partial charge in [0.25, 0.3) is 0 Å². The van der Waals surface area contributed by atoms with E-state index >= 15 is 4.57 Å². The smallest absolute Gasteiger partial charge is 0.323 e. The Bertz CT molecular complexity index is 1730. The molecule has 15 heteroatoms. The molecule has 52 heavy (non-hydrogen) atoms. The van der Waals surface area contributed by atoms with Crippen LogP contribution in [0.5, 0.6) is 0 Å². The molecule has 0 amide bonds. The summed E-state index contributed by atoms with van der Waals surface area (Å²) in [5.41, 5.74) is 8.86. The molecule has 280 valence electrons. The molecule has 0 aliphatic heterocycles.